The van der Waals surface area contributed by atoms with Gasteiger partial charge in [0.05, 0.1) is 11.9 Å². The maximum absolute atomic E-state index is 13.4. The van der Waals surface area contributed by atoms with E-state index in [0.29, 0.717) is 0 Å². The molecule has 7 heteroatoms. The van der Waals surface area contributed by atoms with E-state index in [-0.39, 0.29) is 17.9 Å². The van der Waals surface area contributed by atoms with Crippen molar-refractivity contribution in [2.24, 2.45) is 0 Å². The first-order chi connectivity index (χ1) is 12.6. The first kappa shape index (κ1) is 17.4. The fourth-order valence-corrected chi connectivity index (χ4v) is 5.33. The molecule has 2 aromatic rings. The number of fused-ring (bicyclic) bond motifs is 1. The van der Waals surface area contributed by atoms with E-state index in [4.69, 9.17) is 0 Å². The SMILES string of the molecule is CSc1ncc(C2CCCC3=[N+](C)C(=O)C(c4ccccc4)C(=O)N32)s1. The Bertz CT molecular complexity index is 891. The Kier molecular flexibility index (Phi) is 4.67. The van der Waals surface area contributed by atoms with Crippen molar-refractivity contribution in [3.8, 4) is 0 Å². The molecule has 0 N–H and O–H groups in total. The highest BCUT2D eigenvalue weighted by atomic mass is 32.2. The Hall–Kier alpha value is -1.99. The third-order valence-electron chi connectivity index (χ3n) is 5.06. The standard InChI is InChI=1S/C19H20N3O2S2/c1-21-15-10-6-9-13(14-11-20-19(25-2)26-14)22(15)18(24)16(17(21)23)12-7-4-3-5-8-12/h3-5,7-8,11,13,16H,6,9-10H2,1-2H3/q+1. The van der Waals surface area contributed by atoms with Crippen LogP contribution in [0.5, 0.6) is 0 Å². The Morgan fingerprint density at radius 2 is 2.04 bits per heavy atom. The van der Waals surface area contributed by atoms with Crippen LogP contribution in [0, 0.1) is 0 Å². The number of hydrogen-bond acceptors (Lipinski definition) is 5. The molecule has 0 bridgehead atoms. The third-order valence-corrected chi connectivity index (χ3v) is 7.15. The molecule has 1 saturated heterocycles. The summed E-state index contributed by atoms with van der Waals surface area (Å²) in [6.45, 7) is 0. The van der Waals surface area contributed by atoms with Crippen LogP contribution >= 0.6 is 23.1 Å². The van der Waals surface area contributed by atoms with Crippen LogP contribution in [0.1, 0.15) is 41.7 Å². The molecule has 0 radical (unpaired) electrons. The van der Waals surface area contributed by atoms with Gasteiger partial charge in [-0.15, -0.1) is 11.3 Å². The number of likely N-dealkylation sites (N-methyl/N-ethyl adjacent to an activating group) is 1. The van der Waals surface area contributed by atoms with Gasteiger partial charge >= 0.3 is 11.8 Å². The number of hydrogen-bond donors (Lipinski definition) is 0. The summed E-state index contributed by atoms with van der Waals surface area (Å²) in [5.41, 5.74) is 0.756. The Morgan fingerprint density at radius 1 is 1.27 bits per heavy atom. The minimum Gasteiger partial charge on any atom is -0.245 e. The quantitative estimate of drug-likeness (QED) is 0.461. The summed E-state index contributed by atoms with van der Waals surface area (Å²) in [6.07, 6.45) is 6.50. The highest BCUT2D eigenvalue weighted by molar-refractivity contribution is 8.00. The summed E-state index contributed by atoms with van der Waals surface area (Å²) in [5, 5.41) is 0. The van der Waals surface area contributed by atoms with Gasteiger partial charge < -0.3 is 0 Å². The minimum absolute atomic E-state index is 0.0357. The van der Waals surface area contributed by atoms with Gasteiger partial charge in [-0.3, -0.25) is 0 Å². The third kappa shape index (κ3) is 2.79. The molecule has 2 atom stereocenters. The molecule has 1 aromatic carbocycles. The summed E-state index contributed by atoms with van der Waals surface area (Å²) in [4.78, 5) is 33.7. The predicted octanol–water partition coefficient (Wildman–Crippen LogP) is 3.28. The maximum Gasteiger partial charge on any atom is 0.329 e. The van der Waals surface area contributed by atoms with Gasteiger partial charge in [0.2, 0.25) is 0 Å². The second kappa shape index (κ2) is 6.96. The Balaban J connectivity index is 1.79. The van der Waals surface area contributed by atoms with Crippen LogP contribution in [0.4, 0.5) is 0 Å². The molecule has 134 valence electrons. The van der Waals surface area contributed by atoms with Crippen LogP contribution in [-0.4, -0.2) is 45.4 Å². The van der Waals surface area contributed by atoms with Gasteiger partial charge in [-0.25, -0.2) is 19.1 Å². The monoisotopic (exact) mass is 386 g/mol. The molecule has 2 aliphatic heterocycles. The number of piperidine rings is 1. The topological polar surface area (TPSA) is 53.3 Å². The molecule has 2 unspecified atom stereocenters. The van der Waals surface area contributed by atoms with Crippen LogP contribution in [0.3, 0.4) is 0 Å². The first-order valence-corrected chi connectivity index (χ1v) is 10.7. The van der Waals surface area contributed by atoms with Crippen molar-refractivity contribution in [3.05, 3.63) is 47.0 Å². The van der Waals surface area contributed by atoms with E-state index >= 15 is 0 Å². The lowest BCUT2D eigenvalue weighted by Crippen LogP contribution is -2.55. The molecule has 0 aliphatic carbocycles. The number of amides is 2. The number of nitrogens with zero attached hydrogens (tertiary/aromatic N) is 3. The van der Waals surface area contributed by atoms with E-state index < -0.39 is 5.92 Å². The Morgan fingerprint density at radius 3 is 2.73 bits per heavy atom. The highest BCUT2D eigenvalue weighted by Gasteiger charge is 2.52. The van der Waals surface area contributed by atoms with Crippen molar-refractivity contribution >= 4 is 40.7 Å². The van der Waals surface area contributed by atoms with Crippen molar-refractivity contribution in [2.75, 3.05) is 13.3 Å². The lowest BCUT2D eigenvalue weighted by atomic mass is 9.90. The average Bonchev–Trinajstić information content (AvgIpc) is 3.16. The summed E-state index contributed by atoms with van der Waals surface area (Å²) >= 11 is 3.25. The molecule has 4 rings (SSSR count). The Labute approximate surface area is 160 Å². The summed E-state index contributed by atoms with van der Waals surface area (Å²) < 4.78 is 2.68. The van der Waals surface area contributed by atoms with Crippen molar-refractivity contribution in [1.29, 1.82) is 0 Å². The molecule has 1 aromatic heterocycles. The molecular formula is C19H20N3O2S2+. The van der Waals surface area contributed by atoms with Crippen molar-refractivity contribution < 1.29 is 14.2 Å². The molecule has 2 amide bonds. The summed E-state index contributed by atoms with van der Waals surface area (Å²) in [7, 11) is 1.79. The number of thioether (sulfide) groups is 1. The van der Waals surface area contributed by atoms with Gasteiger partial charge in [-0.05, 0) is 24.7 Å². The van der Waals surface area contributed by atoms with Crippen molar-refractivity contribution in [2.45, 2.75) is 35.6 Å². The van der Waals surface area contributed by atoms with Crippen LogP contribution in [0.25, 0.3) is 0 Å². The van der Waals surface area contributed by atoms with Gasteiger partial charge in [0.1, 0.15) is 10.4 Å². The van der Waals surface area contributed by atoms with Crippen molar-refractivity contribution in [3.63, 3.8) is 0 Å². The zero-order valence-electron chi connectivity index (χ0n) is 14.7. The maximum atomic E-state index is 13.4. The molecule has 5 nitrogen and oxygen atoms in total. The van der Waals surface area contributed by atoms with E-state index in [2.05, 4.69) is 4.98 Å². The van der Waals surface area contributed by atoms with Crippen molar-refractivity contribution in [1.82, 2.24) is 9.88 Å². The second-order valence-corrected chi connectivity index (χ2v) is 8.62. The number of carbonyl (C=O) groups excluding carboxylic acids is 2. The van der Waals surface area contributed by atoms with E-state index in [9.17, 15) is 9.59 Å². The molecule has 0 saturated carbocycles. The van der Waals surface area contributed by atoms with E-state index in [1.54, 1.807) is 34.7 Å². The average molecular weight is 387 g/mol. The fraction of sp³-hybridized carbons (Fsp3) is 0.368. The van der Waals surface area contributed by atoms with Crippen LogP contribution in [0.2, 0.25) is 0 Å². The van der Waals surface area contributed by atoms with Gasteiger partial charge in [0, 0.05) is 12.6 Å². The second-order valence-electron chi connectivity index (χ2n) is 6.51. The number of aromatic nitrogens is 1. The zero-order valence-corrected chi connectivity index (χ0v) is 16.3. The van der Waals surface area contributed by atoms with Crippen LogP contribution in [0.15, 0.2) is 40.9 Å². The number of amidine groups is 1. The van der Waals surface area contributed by atoms with Gasteiger partial charge in [0.25, 0.3) is 5.84 Å². The molecule has 3 heterocycles. The van der Waals surface area contributed by atoms with Gasteiger partial charge in [-0.2, -0.15) is 4.90 Å². The molecule has 0 spiro atoms. The largest absolute Gasteiger partial charge is 0.329 e. The highest BCUT2D eigenvalue weighted by Crippen LogP contribution is 2.40. The van der Waals surface area contributed by atoms with E-state index in [1.165, 1.54) is 0 Å². The molecule has 1 fully saturated rings. The summed E-state index contributed by atoms with van der Waals surface area (Å²) in [6, 6.07) is 9.32. The van der Waals surface area contributed by atoms with Gasteiger partial charge in [0.15, 0.2) is 5.92 Å². The minimum atomic E-state index is -0.765. The molecule has 2 aliphatic rings. The zero-order chi connectivity index (χ0) is 18.3. The predicted molar refractivity (Wildman–Crippen MR) is 103 cm³/mol. The molecule has 26 heavy (non-hydrogen) atoms. The van der Waals surface area contributed by atoms with Gasteiger partial charge in [-0.1, -0.05) is 42.1 Å². The smallest absolute Gasteiger partial charge is 0.245 e. The fourth-order valence-electron chi connectivity index (χ4n) is 3.78. The van der Waals surface area contributed by atoms with E-state index in [0.717, 1.165) is 39.9 Å². The summed E-state index contributed by atoms with van der Waals surface area (Å²) in [5.74, 6) is -0.193. The number of rotatable bonds is 3. The lowest BCUT2D eigenvalue weighted by Gasteiger charge is -2.35. The number of benzene rings is 1. The number of carbonyl (C=O) groups is 2. The van der Waals surface area contributed by atoms with E-state index in [1.807, 2.05) is 47.7 Å². The number of thiazole rings is 1. The first-order valence-electron chi connectivity index (χ1n) is 8.63. The van der Waals surface area contributed by atoms with Crippen LogP contribution in [-0.2, 0) is 9.59 Å². The normalized spacial score (nSPS) is 23.4. The van der Waals surface area contributed by atoms with Crippen LogP contribution < -0.4 is 0 Å². The molecular weight excluding hydrogens is 366 g/mol. The lowest BCUT2D eigenvalue weighted by molar-refractivity contribution is -0.430.